The van der Waals surface area contributed by atoms with Gasteiger partial charge in [0.05, 0.1) is 6.07 Å². The van der Waals surface area contributed by atoms with Crippen LogP contribution in [-0.4, -0.2) is 0 Å². The van der Waals surface area contributed by atoms with E-state index in [4.69, 9.17) is 5.26 Å². The lowest BCUT2D eigenvalue weighted by atomic mass is 9.68. The van der Waals surface area contributed by atoms with Crippen LogP contribution in [-0.2, 0) is 12.8 Å². The predicted molar refractivity (Wildman–Crippen MR) is 128 cm³/mol. The van der Waals surface area contributed by atoms with E-state index in [1.54, 1.807) is 6.08 Å². The number of allylic oxidation sites excluding steroid dienone is 2. The van der Waals surface area contributed by atoms with Crippen molar-refractivity contribution in [3.8, 4) is 6.07 Å². The molecule has 2 aliphatic carbocycles. The summed E-state index contributed by atoms with van der Waals surface area (Å²) in [6.07, 6.45) is 24.5. The Morgan fingerprint density at radius 3 is 1.93 bits per heavy atom. The highest BCUT2D eigenvalue weighted by Gasteiger charge is 2.30. The fourth-order valence-corrected chi connectivity index (χ4v) is 5.95. The maximum atomic E-state index is 8.71. The molecule has 0 unspecified atom stereocenters. The first-order valence-corrected chi connectivity index (χ1v) is 12.9. The summed E-state index contributed by atoms with van der Waals surface area (Å²) >= 11 is 0. The number of nitrogens with zero attached hydrogens (tertiary/aromatic N) is 1. The monoisotopic (exact) mass is 405 g/mol. The molecule has 1 nitrogen and oxygen atoms in total. The third-order valence-electron chi connectivity index (χ3n) is 7.99. The molecule has 3 rings (SSSR count). The molecular formula is C29H43N. The fraction of sp³-hybridized carbons (Fsp3) is 0.690. The zero-order valence-electron chi connectivity index (χ0n) is 19.3. The molecule has 2 saturated carbocycles. The van der Waals surface area contributed by atoms with E-state index in [1.807, 2.05) is 0 Å². The topological polar surface area (TPSA) is 23.8 Å². The normalized spacial score (nSPS) is 27.2. The van der Waals surface area contributed by atoms with Crippen LogP contribution in [0.3, 0.4) is 0 Å². The fourth-order valence-electron chi connectivity index (χ4n) is 5.95. The van der Waals surface area contributed by atoms with Crippen LogP contribution in [0, 0.1) is 35.0 Å². The van der Waals surface area contributed by atoms with Gasteiger partial charge < -0.3 is 0 Å². The Morgan fingerprint density at radius 1 is 0.800 bits per heavy atom. The highest BCUT2D eigenvalue weighted by Crippen LogP contribution is 2.42. The third kappa shape index (κ3) is 7.61. The largest absolute Gasteiger partial charge is 0.193 e. The molecule has 164 valence electrons. The quantitative estimate of drug-likeness (QED) is 0.283. The summed E-state index contributed by atoms with van der Waals surface area (Å²) in [4.78, 5) is 0. The lowest BCUT2D eigenvalue weighted by molar-refractivity contribution is 0.151. The number of aryl methyl sites for hydroxylation is 2. The van der Waals surface area contributed by atoms with Crippen LogP contribution in [0.25, 0.3) is 0 Å². The van der Waals surface area contributed by atoms with Crippen molar-refractivity contribution in [2.24, 2.45) is 23.7 Å². The molecule has 0 heterocycles. The van der Waals surface area contributed by atoms with Gasteiger partial charge in [-0.05, 0) is 99.0 Å². The predicted octanol–water partition coefficient (Wildman–Crippen LogP) is 8.43. The molecule has 0 aliphatic heterocycles. The van der Waals surface area contributed by atoms with Gasteiger partial charge in [0.2, 0.25) is 0 Å². The molecule has 1 heteroatoms. The van der Waals surface area contributed by atoms with Gasteiger partial charge in [-0.2, -0.15) is 5.26 Å². The molecule has 0 radical (unpaired) electrons. The Balaban J connectivity index is 1.27. The van der Waals surface area contributed by atoms with E-state index in [0.29, 0.717) is 5.92 Å². The minimum Gasteiger partial charge on any atom is -0.193 e. The Morgan fingerprint density at radius 2 is 1.37 bits per heavy atom. The lowest BCUT2D eigenvalue weighted by Crippen LogP contribution is -2.25. The van der Waals surface area contributed by atoms with E-state index in [2.05, 4.69) is 43.3 Å². The average Bonchev–Trinajstić information content (AvgIpc) is 2.81. The van der Waals surface area contributed by atoms with Crippen LogP contribution < -0.4 is 0 Å². The van der Waals surface area contributed by atoms with Gasteiger partial charge in [0.15, 0.2) is 0 Å². The zero-order valence-corrected chi connectivity index (χ0v) is 19.3. The summed E-state index contributed by atoms with van der Waals surface area (Å²) in [5.74, 6) is 3.63. The summed E-state index contributed by atoms with van der Waals surface area (Å²) in [6.45, 7) is 2.27. The smallest absolute Gasteiger partial charge is 0.0908 e. The molecule has 2 aliphatic rings. The summed E-state index contributed by atoms with van der Waals surface area (Å²) < 4.78 is 0. The second-order valence-electron chi connectivity index (χ2n) is 10.1. The molecule has 30 heavy (non-hydrogen) atoms. The number of unbranched alkanes of at least 4 members (excludes halogenated alkanes) is 2. The number of benzene rings is 1. The maximum Gasteiger partial charge on any atom is 0.0908 e. The standard InChI is InChI=1S/C29H43N/c1-2-3-7-24-11-13-25(14-12-24)8-4-5-9-26-15-19-28(20-16-26)29-21-17-27(18-22-29)10-6-23-30/h6,10-14,26-29H,2-5,7-9,15-22H2,1H3. The summed E-state index contributed by atoms with van der Waals surface area (Å²) in [5.41, 5.74) is 3.03. The van der Waals surface area contributed by atoms with Gasteiger partial charge in [-0.3, -0.25) is 0 Å². The van der Waals surface area contributed by atoms with E-state index >= 15 is 0 Å². The minimum absolute atomic E-state index is 0.671. The van der Waals surface area contributed by atoms with Gasteiger partial charge in [-0.15, -0.1) is 0 Å². The summed E-state index contributed by atoms with van der Waals surface area (Å²) in [5, 5.41) is 8.71. The first-order chi connectivity index (χ1) is 14.8. The molecule has 1 aromatic carbocycles. The van der Waals surface area contributed by atoms with Gasteiger partial charge >= 0.3 is 0 Å². The van der Waals surface area contributed by atoms with Crippen LogP contribution >= 0.6 is 0 Å². The number of hydrogen-bond donors (Lipinski definition) is 0. The first kappa shape index (κ1) is 23.1. The van der Waals surface area contributed by atoms with E-state index in [9.17, 15) is 0 Å². The van der Waals surface area contributed by atoms with Crippen molar-refractivity contribution in [1.29, 1.82) is 5.26 Å². The molecule has 0 atom stereocenters. The Labute approximate surface area is 186 Å². The van der Waals surface area contributed by atoms with Gasteiger partial charge in [-0.1, -0.05) is 69.4 Å². The first-order valence-electron chi connectivity index (χ1n) is 12.9. The molecule has 0 aromatic heterocycles. The van der Waals surface area contributed by atoms with E-state index in [-0.39, 0.29) is 0 Å². The average molecular weight is 406 g/mol. The summed E-state index contributed by atoms with van der Waals surface area (Å²) in [6, 6.07) is 11.6. The van der Waals surface area contributed by atoms with Crippen molar-refractivity contribution in [3.63, 3.8) is 0 Å². The minimum atomic E-state index is 0.671. The Hall–Kier alpha value is -1.55. The SMILES string of the molecule is CCCCc1ccc(CCCCC2CCC(C3CCC(C=CC#N)CC3)CC2)cc1. The van der Waals surface area contributed by atoms with Crippen molar-refractivity contribution in [3.05, 3.63) is 47.5 Å². The number of nitriles is 1. The molecule has 2 fully saturated rings. The van der Waals surface area contributed by atoms with Crippen molar-refractivity contribution >= 4 is 0 Å². The van der Waals surface area contributed by atoms with E-state index in [1.165, 1.54) is 107 Å². The molecule has 0 amide bonds. The van der Waals surface area contributed by atoms with Crippen LogP contribution in [0.5, 0.6) is 0 Å². The maximum absolute atomic E-state index is 8.71. The van der Waals surface area contributed by atoms with Crippen LogP contribution in [0.15, 0.2) is 36.4 Å². The van der Waals surface area contributed by atoms with Crippen molar-refractivity contribution < 1.29 is 0 Å². The lowest BCUT2D eigenvalue weighted by Gasteiger charge is -2.37. The molecule has 0 N–H and O–H groups in total. The Kier molecular flexibility index (Phi) is 10.0. The van der Waals surface area contributed by atoms with Crippen LogP contribution in [0.2, 0.25) is 0 Å². The van der Waals surface area contributed by atoms with Gasteiger partial charge in [0.25, 0.3) is 0 Å². The highest BCUT2D eigenvalue weighted by molar-refractivity contribution is 5.22. The molecule has 0 spiro atoms. The van der Waals surface area contributed by atoms with E-state index in [0.717, 1.165) is 17.8 Å². The molecular weight excluding hydrogens is 362 g/mol. The molecule has 1 aromatic rings. The van der Waals surface area contributed by atoms with Crippen molar-refractivity contribution in [1.82, 2.24) is 0 Å². The van der Waals surface area contributed by atoms with Gasteiger partial charge in [0, 0.05) is 6.08 Å². The van der Waals surface area contributed by atoms with Crippen LogP contribution in [0.4, 0.5) is 0 Å². The second-order valence-corrected chi connectivity index (χ2v) is 10.1. The van der Waals surface area contributed by atoms with Crippen LogP contribution in [0.1, 0.15) is 102 Å². The number of rotatable bonds is 10. The summed E-state index contributed by atoms with van der Waals surface area (Å²) in [7, 11) is 0. The van der Waals surface area contributed by atoms with Gasteiger partial charge in [-0.25, -0.2) is 0 Å². The third-order valence-corrected chi connectivity index (χ3v) is 7.99. The molecule has 0 bridgehead atoms. The van der Waals surface area contributed by atoms with Gasteiger partial charge in [0.1, 0.15) is 0 Å². The Bertz CT molecular complexity index is 649. The van der Waals surface area contributed by atoms with Crippen molar-refractivity contribution in [2.45, 2.75) is 103 Å². The molecule has 0 saturated heterocycles. The highest BCUT2D eigenvalue weighted by atomic mass is 14.4. The second kappa shape index (κ2) is 13.0. The van der Waals surface area contributed by atoms with E-state index < -0.39 is 0 Å². The zero-order chi connectivity index (χ0) is 21.0. The van der Waals surface area contributed by atoms with Crippen molar-refractivity contribution in [2.75, 3.05) is 0 Å². The number of hydrogen-bond acceptors (Lipinski definition) is 1.